The lowest BCUT2D eigenvalue weighted by atomic mass is 9.75. The summed E-state index contributed by atoms with van der Waals surface area (Å²) in [5, 5.41) is 9.30. The first-order valence-electron chi connectivity index (χ1n) is 6.07. The van der Waals surface area contributed by atoms with Crippen LogP contribution in [0.3, 0.4) is 0 Å². The van der Waals surface area contributed by atoms with Crippen LogP contribution >= 0.6 is 0 Å². The smallest absolute Gasteiger partial charge is 0.309 e. The zero-order valence-corrected chi connectivity index (χ0v) is 10.2. The summed E-state index contributed by atoms with van der Waals surface area (Å²) < 4.78 is 0. The van der Waals surface area contributed by atoms with E-state index in [0.717, 1.165) is 12.8 Å². The topological polar surface area (TPSA) is 57.6 Å². The van der Waals surface area contributed by atoms with Crippen LogP contribution in [0.5, 0.6) is 0 Å². The maximum atomic E-state index is 11.5. The van der Waals surface area contributed by atoms with Gasteiger partial charge in [-0.05, 0) is 19.3 Å². The highest BCUT2D eigenvalue weighted by molar-refractivity contribution is 5.78. The van der Waals surface area contributed by atoms with Crippen LogP contribution in [0, 0.1) is 5.41 Å². The Morgan fingerprint density at radius 2 is 1.81 bits per heavy atom. The second-order valence-electron chi connectivity index (χ2n) is 4.57. The van der Waals surface area contributed by atoms with Crippen molar-refractivity contribution in [3.63, 3.8) is 0 Å². The molecule has 0 aromatic rings. The number of aliphatic carboxylic acids is 1. The fourth-order valence-corrected chi connectivity index (χ4v) is 2.46. The molecule has 0 radical (unpaired) electrons. The Morgan fingerprint density at radius 3 is 2.19 bits per heavy atom. The van der Waals surface area contributed by atoms with Crippen LogP contribution in [-0.4, -0.2) is 35.0 Å². The van der Waals surface area contributed by atoms with E-state index >= 15 is 0 Å². The number of carboxylic acids is 1. The van der Waals surface area contributed by atoms with Gasteiger partial charge in [0, 0.05) is 19.5 Å². The number of carbonyl (C=O) groups is 2. The van der Waals surface area contributed by atoms with Gasteiger partial charge in [0.25, 0.3) is 0 Å². The first-order chi connectivity index (χ1) is 7.55. The largest absolute Gasteiger partial charge is 0.481 e. The normalized spacial score (nSPS) is 19.5. The second kappa shape index (κ2) is 5.32. The molecule has 0 aromatic carbocycles. The molecule has 1 fully saturated rings. The van der Waals surface area contributed by atoms with Crippen LogP contribution in [0.2, 0.25) is 0 Å². The van der Waals surface area contributed by atoms with E-state index in [9.17, 15) is 14.7 Å². The molecule has 1 saturated heterocycles. The van der Waals surface area contributed by atoms with E-state index in [1.165, 1.54) is 0 Å². The minimum Gasteiger partial charge on any atom is -0.481 e. The van der Waals surface area contributed by atoms with Crippen molar-refractivity contribution in [3.05, 3.63) is 0 Å². The number of piperidine rings is 1. The minimum absolute atomic E-state index is 0.135. The maximum absolute atomic E-state index is 11.5. The molecule has 0 atom stereocenters. The predicted octanol–water partition coefficient (Wildman–Crippen LogP) is 1.89. The molecule has 0 aromatic heterocycles. The van der Waals surface area contributed by atoms with Crippen LogP contribution < -0.4 is 0 Å². The Balaban J connectivity index is 2.63. The van der Waals surface area contributed by atoms with Gasteiger partial charge in [-0.1, -0.05) is 20.3 Å². The molecule has 92 valence electrons. The van der Waals surface area contributed by atoms with Gasteiger partial charge in [0.1, 0.15) is 0 Å². The number of carboxylic acid groups (broad SMARTS) is 1. The molecule has 1 aliphatic rings. The second-order valence-corrected chi connectivity index (χ2v) is 4.57. The molecule has 1 heterocycles. The van der Waals surface area contributed by atoms with Crippen LogP contribution in [0.25, 0.3) is 0 Å². The fourth-order valence-electron chi connectivity index (χ4n) is 2.46. The predicted molar refractivity (Wildman–Crippen MR) is 61.1 cm³/mol. The third kappa shape index (κ3) is 2.54. The van der Waals surface area contributed by atoms with Crippen LogP contribution in [0.15, 0.2) is 0 Å². The number of nitrogens with zero attached hydrogens (tertiary/aromatic N) is 1. The van der Waals surface area contributed by atoms with Crippen molar-refractivity contribution in [2.75, 3.05) is 13.1 Å². The van der Waals surface area contributed by atoms with Crippen molar-refractivity contribution in [2.24, 2.45) is 5.41 Å². The zero-order valence-electron chi connectivity index (χ0n) is 10.2. The van der Waals surface area contributed by atoms with Crippen LogP contribution in [0.4, 0.5) is 0 Å². The van der Waals surface area contributed by atoms with Gasteiger partial charge in [0.15, 0.2) is 0 Å². The van der Waals surface area contributed by atoms with Crippen molar-refractivity contribution < 1.29 is 14.7 Å². The number of amides is 1. The van der Waals surface area contributed by atoms with Gasteiger partial charge < -0.3 is 10.0 Å². The molecule has 4 nitrogen and oxygen atoms in total. The van der Waals surface area contributed by atoms with E-state index in [2.05, 4.69) is 0 Å². The van der Waals surface area contributed by atoms with Gasteiger partial charge in [-0.2, -0.15) is 0 Å². The quantitative estimate of drug-likeness (QED) is 0.798. The number of hydrogen-bond acceptors (Lipinski definition) is 2. The van der Waals surface area contributed by atoms with Crippen molar-refractivity contribution in [1.82, 2.24) is 4.90 Å². The average molecular weight is 227 g/mol. The van der Waals surface area contributed by atoms with Gasteiger partial charge in [-0.25, -0.2) is 0 Å². The monoisotopic (exact) mass is 227 g/mol. The van der Waals surface area contributed by atoms with Gasteiger partial charge in [-0.3, -0.25) is 9.59 Å². The van der Waals surface area contributed by atoms with Crippen molar-refractivity contribution >= 4 is 11.9 Å². The maximum Gasteiger partial charge on any atom is 0.309 e. The molecule has 1 rings (SSSR count). The molecular formula is C12H21NO3. The number of hydrogen-bond donors (Lipinski definition) is 1. The fraction of sp³-hybridized carbons (Fsp3) is 0.833. The molecule has 1 amide bonds. The van der Waals surface area contributed by atoms with Gasteiger partial charge in [0.05, 0.1) is 5.41 Å². The number of likely N-dealkylation sites (tertiary alicyclic amines) is 1. The Kier molecular flexibility index (Phi) is 4.33. The Morgan fingerprint density at radius 1 is 1.25 bits per heavy atom. The third-order valence-corrected chi connectivity index (χ3v) is 3.56. The molecule has 0 spiro atoms. The lowest BCUT2D eigenvalue weighted by molar-refractivity contribution is -0.155. The summed E-state index contributed by atoms with van der Waals surface area (Å²) in [5.74, 6) is -0.562. The van der Waals surface area contributed by atoms with E-state index < -0.39 is 11.4 Å². The molecule has 4 heteroatoms. The molecule has 0 aliphatic carbocycles. The summed E-state index contributed by atoms with van der Waals surface area (Å²) in [5.41, 5.74) is -0.584. The molecular weight excluding hydrogens is 206 g/mol. The van der Waals surface area contributed by atoms with Crippen LogP contribution in [0.1, 0.15) is 46.0 Å². The van der Waals surface area contributed by atoms with Crippen molar-refractivity contribution in [3.8, 4) is 0 Å². The number of carbonyl (C=O) groups excluding carboxylic acids is 1. The molecule has 0 unspecified atom stereocenters. The summed E-state index contributed by atoms with van der Waals surface area (Å²) >= 11 is 0. The number of rotatable bonds is 4. The Bertz CT molecular complexity index is 267. The third-order valence-electron chi connectivity index (χ3n) is 3.56. The minimum atomic E-state index is -0.696. The standard InChI is InChI=1S/C12H21NO3/c1-3-5-12(11(15)16)6-8-13(9-7-12)10(14)4-2/h3-9H2,1-2H3,(H,15,16). The van der Waals surface area contributed by atoms with E-state index in [-0.39, 0.29) is 5.91 Å². The summed E-state index contributed by atoms with van der Waals surface area (Å²) in [6, 6.07) is 0. The van der Waals surface area contributed by atoms with E-state index in [1.54, 1.807) is 4.90 Å². The average Bonchev–Trinajstić information content (AvgIpc) is 2.29. The van der Waals surface area contributed by atoms with E-state index in [1.807, 2.05) is 13.8 Å². The van der Waals surface area contributed by atoms with E-state index in [0.29, 0.717) is 32.4 Å². The molecule has 0 saturated carbocycles. The summed E-state index contributed by atoms with van der Waals surface area (Å²) in [6.07, 6.45) is 3.31. The first kappa shape index (κ1) is 13.0. The molecule has 1 aliphatic heterocycles. The zero-order chi connectivity index (χ0) is 12.2. The van der Waals surface area contributed by atoms with Crippen molar-refractivity contribution in [1.29, 1.82) is 0 Å². The highest BCUT2D eigenvalue weighted by Crippen LogP contribution is 2.36. The Labute approximate surface area is 96.6 Å². The van der Waals surface area contributed by atoms with Gasteiger partial charge in [-0.15, -0.1) is 0 Å². The summed E-state index contributed by atoms with van der Waals surface area (Å²) in [7, 11) is 0. The highest BCUT2D eigenvalue weighted by atomic mass is 16.4. The summed E-state index contributed by atoms with van der Waals surface area (Å²) in [6.45, 7) is 5.04. The van der Waals surface area contributed by atoms with Crippen LogP contribution in [-0.2, 0) is 9.59 Å². The lowest BCUT2D eigenvalue weighted by Gasteiger charge is -2.38. The van der Waals surface area contributed by atoms with Crippen molar-refractivity contribution in [2.45, 2.75) is 46.0 Å². The SMILES string of the molecule is CCCC1(C(=O)O)CCN(C(=O)CC)CC1. The Hall–Kier alpha value is -1.06. The summed E-state index contributed by atoms with van der Waals surface area (Å²) in [4.78, 5) is 24.6. The van der Waals surface area contributed by atoms with Gasteiger partial charge in [0.2, 0.25) is 5.91 Å². The molecule has 0 bridgehead atoms. The van der Waals surface area contributed by atoms with E-state index in [4.69, 9.17) is 0 Å². The lowest BCUT2D eigenvalue weighted by Crippen LogP contribution is -2.46. The molecule has 16 heavy (non-hydrogen) atoms. The first-order valence-corrected chi connectivity index (χ1v) is 6.07. The molecule has 1 N–H and O–H groups in total. The highest BCUT2D eigenvalue weighted by Gasteiger charge is 2.41. The van der Waals surface area contributed by atoms with Gasteiger partial charge >= 0.3 is 5.97 Å².